The Hall–Kier alpha value is -0.0000000000000000278. The van der Waals surface area contributed by atoms with Crippen LogP contribution in [0.3, 0.4) is 0 Å². The van der Waals surface area contributed by atoms with Gasteiger partial charge in [-0.3, -0.25) is 0 Å². The summed E-state index contributed by atoms with van der Waals surface area (Å²) in [6, 6.07) is 0. The van der Waals surface area contributed by atoms with E-state index >= 15 is 0 Å². The lowest BCUT2D eigenvalue weighted by atomic mass is 10.0. The Morgan fingerprint density at radius 3 is 2.00 bits per heavy atom. The predicted molar refractivity (Wildman–Crippen MR) is 66.5 cm³/mol. The fourth-order valence-electron chi connectivity index (χ4n) is 1.77. The maximum atomic E-state index is 3.63. The highest BCUT2D eigenvalue weighted by molar-refractivity contribution is 9.11. The minimum Gasteiger partial charge on any atom is -0.109 e. The molecule has 0 heterocycles. The Morgan fingerprint density at radius 2 is 1.71 bits per heavy atom. The molecule has 1 unspecified atom stereocenters. The van der Waals surface area contributed by atoms with E-state index in [0.717, 1.165) is 0 Å². The maximum Gasteiger partial charge on any atom is 0.0396 e. The molecule has 0 bridgehead atoms. The normalized spacial score (nSPS) is 24.1. The van der Waals surface area contributed by atoms with E-state index in [0.29, 0.717) is 16.7 Å². The van der Waals surface area contributed by atoms with Crippen LogP contribution in [0.2, 0.25) is 0 Å². The zero-order valence-electron chi connectivity index (χ0n) is 10.2. The molecule has 1 aliphatic carbocycles. The summed E-state index contributed by atoms with van der Waals surface area (Å²) in [6.07, 6.45) is 1.17. The van der Waals surface area contributed by atoms with E-state index < -0.39 is 0 Å². The van der Waals surface area contributed by atoms with Crippen LogP contribution in [-0.2, 0) is 0 Å². The third-order valence-corrected chi connectivity index (χ3v) is 5.02. The van der Waals surface area contributed by atoms with Crippen LogP contribution < -0.4 is 0 Å². The fraction of sp³-hybridized carbons (Fsp3) is 0.769. The lowest BCUT2D eigenvalue weighted by molar-refractivity contribution is 0.457. The summed E-state index contributed by atoms with van der Waals surface area (Å²) in [4.78, 5) is 0. The topological polar surface area (TPSA) is 0 Å². The van der Waals surface area contributed by atoms with Gasteiger partial charge in [0.15, 0.2) is 0 Å². The molecule has 14 heavy (non-hydrogen) atoms. The highest BCUT2D eigenvalue weighted by Crippen LogP contribution is 2.67. The standard InChI is InChI=1S/C13H21Br/c1-7-9(2)10(14)8-11-12(3,4)13(11,5)6/h9H,7H2,1-6H3. The molecule has 1 saturated carbocycles. The van der Waals surface area contributed by atoms with Gasteiger partial charge < -0.3 is 0 Å². The molecular weight excluding hydrogens is 236 g/mol. The average molecular weight is 257 g/mol. The van der Waals surface area contributed by atoms with Crippen LogP contribution >= 0.6 is 15.9 Å². The van der Waals surface area contributed by atoms with Gasteiger partial charge in [0.2, 0.25) is 0 Å². The molecule has 80 valence electrons. The Kier molecular flexibility index (Phi) is 3.05. The van der Waals surface area contributed by atoms with E-state index in [2.05, 4.69) is 63.2 Å². The van der Waals surface area contributed by atoms with Crippen LogP contribution in [0.5, 0.6) is 0 Å². The van der Waals surface area contributed by atoms with Crippen molar-refractivity contribution >= 4 is 15.9 Å². The first-order valence-electron chi connectivity index (χ1n) is 5.42. The van der Waals surface area contributed by atoms with E-state index in [4.69, 9.17) is 0 Å². The molecule has 1 aliphatic rings. The van der Waals surface area contributed by atoms with Crippen molar-refractivity contribution in [1.82, 2.24) is 0 Å². The van der Waals surface area contributed by atoms with Gasteiger partial charge in [-0.05, 0) is 33.8 Å². The first kappa shape index (κ1) is 12.1. The Morgan fingerprint density at radius 1 is 1.29 bits per heavy atom. The number of halogens is 1. The SMILES string of the molecule is CCC(C)C(Br)=C=C1C(C)(C)C1(C)C. The molecule has 0 saturated heterocycles. The second-order valence-corrected chi connectivity index (χ2v) is 6.26. The van der Waals surface area contributed by atoms with Gasteiger partial charge >= 0.3 is 0 Å². The molecular formula is C13H21Br. The average Bonchev–Trinajstić information content (AvgIpc) is 2.46. The van der Waals surface area contributed by atoms with E-state index in [1.165, 1.54) is 16.5 Å². The molecule has 0 N–H and O–H groups in total. The van der Waals surface area contributed by atoms with Crippen LogP contribution in [0, 0.1) is 16.7 Å². The van der Waals surface area contributed by atoms with Gasteiger partial charge in [0.25, 0.3) is 0 Å². The zero-order valence-corrected chi connectivity index (χ0v) is 11.7. The third kappa shape index (κ3) is 1.73. The molecule has 0 aromatic rings. The quantitative estimate of drug-likeness (QED) is 0.617. The summed E-state index contributed by atoms with van der Waals surface area (Å²) in [5.74, 6) is 0.592. The first-order chi connectivity index (χ1) is 6.25. The van der Waals surface area contributed by atoms with Gasteiger partial charge in [-0.1, -0.05) is 41.5 Å². The minimum atomic E-state index is 0.333. The van der Waals surface area contributed by atoms with Gasteiger partial charge in [0, 0.05) is 15.3 Å². The summed E-state index contributed by atoms with van der Waals surface area (Å²) in [5, 5.41) is 0. The van der Waals surface area contributed by atoms with E-state index in [1.807, 2.05) is 0 Å². The molecule has 0 amide bonds. The van der Waals surface area contributed by atoms with E-state index in [1.54, 1.807) is 0 Å². The van der Waals surface area contributed by atoms with Crippen molar-refractivity contribution in [2.45, 2.75) is 48.0 Å². The van der Waals surface area contributed by atoms with Crippen LogP contribution in [0.25, 0.3) is 0 Å². The summed E-state index contributed by atoms with van der Waals surface area (Å²) in [6.45, 7) is 13.6. The van der Waals surface area contributed by atoms with Crippen LogP contribution in [-0.4, -0.2) is 0 Å². The Balaban J connectivity index is 3.03. The monoisotopic (exact) mass is 256 g/mol. The summed E-state index contributed by atoms with van der Waals surface area (Å²) in [7, 11) is 0. The lowest BCUT2D eigenvalue weighted by Crippen LogP contribution is -1.95. The van der Waals surface area contributed by atoms with Crippen molar-refractivity contribution in [2.24, 2.45) is 16.7 Å². The molecule has 0 aromatic heterocycles. The molecule has 0 nitrogen and oxygen atoms in total. The van der Waals surface area contributed by atoms with E-state index in [-0.39, 0.29) is 0 Å². The molecule has 0 aliphatic heterocycles. The summed E-state index contributed by atoms with van der Waals surface area (Å²) in [5.41, 5.74) is 5.66. The highest BCUT2D eigenvalue weighted by Gasteiger charge is 2.60. The number of rotatable bonds is 2. The first-order valence-corrected chi connectivity index (χ1v) is 6.21. The number of hydrogen-bond acceptors (Lipinski definition) is 0. The molecule has 1 fully saturated rings. The van der Waals surface area contributed by atoms with Crippen LogP contribution in [0.1, 0.15) is 48.0 Å². The number of hydrogen-bond donors (Lipinski definition) is 0. The molecule has 0 spiro atoms. The van der Waals surface area contributed by atoms with Gasteiger partial charge in [0.05, 0.1) is 0 Å². The Bertz CT molecular complexity index is 285. The molecule has 0 aromatic carbocycles. The molecule has 1 heteroatoms. The largest absolute Gasteiger partial charge is 0.109 e. The van der Waals surface area contributed by atoms with Crippen molar-refractivity contribution < 1.29 is 0 Å². The van der Waals surface area contributed by atoms with Gasteiger partial charge in [-0.15, -0.1) is 5.73 Å². The summed E-state index contributed by atoms with van der Waals surface area (Å²) >= 11 is 3.63. The molecule has 1 rings (SSSR count). The van der Waals surface area contributed by atoms with Crippen LogP contribution in [0.15, 0.2) is 15.8 Å². The van der Waals surface area contributed by atoms with Crippen molar-refractivity contribution in [1.29, 1.82) is 0 Å². The second-order valence-electron chi connectivity index (χ2n) is 5.41. The number of allylic oxidation sites excluding steroid dienone is 1. The zero-order chi connectivity index (χ0) is 11.1. The van der Waals surface area contributed by atoms with Crippen molar-refractivity contribution in [3.05, 3.63) is 15.8 Å². The summed E-state index contributed by atoms with van der Waals surface area (Å²) < 4.78 is 1.23. The van der Waals surface area contributed by atoms with Gasteiger partial charge in [-0.25, -0.2) is 0 Å². The molecule has 0 radical (unpaired) electrons. The van der Waals surface area contributed by atoms with Crippen molar-refractivity contribution in [2.75, 3.05) is 0 Å². The van der Waals surface area contributed by atoms with Gasteiger partial charge in [0.1, 0.15) is 0 Å². The Labute approximate surface area is 96.6 Å². The third-order valence-electron chi connectivity index (χ3n) is 4.04. The fourth-order valence-corrected chi connectivity index (χ4v) is 2.29. The predicted octanol–water partition coefficient (Wildman–Crippen LogP) is 4.90. The lowest BCUT2D eigenvalue weighted by Gasteiger charge is -2.02. The van der Waals surface area contributed by atoms with Gasteiger partial charge in [-0.2, -0.15) is 0 Å². The molecule has 1 atom stereocenters. The van der Waals surface area contributed by atoms with E-state index in [9.17, 15) is 0 Å². The minimum absolute atomic E-state index is 0.333. The van der Waals surface area contributed by atoms with Crippen LogP contribution in [0.4, 0.5) is 0 Å². The smallest absolute Gasteiger partial charge is 0.0396 e. The highest BCUT2D eigenvalue weighted by atomic mass is 79.9. The van der Waals surface area contributed by atoms with Crippen molar-refractivity contribution in [3.8, 4) is 0 Å². The second kappa shape index (κ2) is 3.54. The maximum absolute atomic E-state index is 3.63. The van der Waals surface area contributed by atoms with Crippen molar-refractivity contribution in [3.63, 3.8) is 0 Å².